The minimum atomic E-state index is -0.865. The molecule has 0 unspecified atom stereocenters. The summed E-state index contributed by atoms with van der Waals surface area (Å²) < 4.78 is 67.2. The number of unbranched alkanes of at least 4 members (excludes halogenated alkanes) is 1. The minimum Gasteiger partial charge on any atom is -0.481 e. The summed E-state index contributed by atoms with van der Waals surface area (Å²) in [6, 6.07) is 30.9. The smallest absolute Gasteiger partial charge is 0.305 e. The molecule has 0 saturated carbocycles. The number of hydrogen-bond donors (Lipinski definition) is 1. The molecule has 15 nitrogen and oxygen atoms in total. The van der Waals surface area contributed by atoms with Gasteiger partial charge in [-0.1, -0.05) is 91.0 Å². The maximum atomic E-state index is 11.5. The van der Waals surface area contributed by atoms with Gasteiger partial charge in [0.05, 0.1) is 139 Å². The Hall–Kier alpha value is -3.84. The Balaban J connectivity index is 1.01. The Morgan fingerprint density at radius 3 is 0.903 bits per heavy atom. The van der Waals surface area contributed by atoms with Crippen LogP contribution in [0.2, 0.25) is 0 Å². The zero-order valence-electron chi connectivity index (χ0n) is 36.2. The normalized spacial score (nSPS) is 11.5. The molecule has 0 aliphatic rings. The number of rotatable bonds is 42. The summed E-state index contributed by atoms with van der Waals surface area (Å²) in [6.45, 7) is 9.54. The molecule has 0 aliphatic heterocycles. The third kappa shape index (κ3) is 24.7. The Morgan fingerprint density at radius 2 is 0.613 bits per heavy atom. The van der Waals surface area contributed by atoms with E-state index in [1.165, 1.54) is 0 Å². The Kier molecular flexibility index (Phi) is 31.0. The van der Waals surface area contributed by atoms with Crippen molar-refractivity contribution in [3.8, 4) is 0 Å². The third-order valence-corrected chi connectivity index (χ3v) is 8.95. The first-order chi connectivity index (χ1) is 30.6. The molecular weight excluding hydrogens is 805 g/mol. The number of carbonyl (C=O) groups excluding carboxylic acids is 1. The fraction of sp³-hybridized carbons (Fsp3) is 0.574. The SMILES string of the molecule is O=C(O)CCCCC(=O)OCCOCCOCCOCCOCCOCCOCCOCCOCCOCCOCCOC(c1ccccc1)(c1ccccc1)c1ccccc1. The van der Waals surface area contributed by atoms with Crippen molar-refractivity contribution >= 4 is 11.9 Å². The van der Waals surface area contributed by atoms with Gasteiger partial charge in [0.15, 0.2) is 0 Å². The fourth-order valence-electron chi connectivity index (χ4n) is 5.94. The highest BCUT2D eigenvalue weighted by Crippen LogP contribution is 2.40. The molecule has 3 aromatic rings. The van der Waals surface area contributed by atoms with Crippen LogP contribution in [-0.4, -0.2) is 162 Å². The molecule has 0 atom stereocenters. The van der Waals surface area contributed by atoms with E-state index in [4.69, 9.17) is 61.9 Å². The number of carboxylic acids is 1. The number of carboxylic acid groups (broad SMARTS) is 1. The topological polar surface area (TPSA) is 165 Å². The van der Waals surface area contributed by atoms with E-state index in [0.717, 1.165) is 16.7 Å². The largest absolute Gasteiger partial charge is 0.481 e. The van der Waals surface area contributed by atoms with Crippen molar-refractivity contribution in [1.29, 1.82) is 0 Å². The van der Waals surface area contributed by atoms with Gasteiger partial charge in [-0.15, -0.1) is 0 Å². The molecule has 1 N–H and O–H groups in total. The van der Waals surface area contributed by atoms with E-state index < -0.39 is 11.6 Å². The van der Waals surface area contributed by atoms with Crippen molar-refractivity contribution < 1.29 is 71.5 Å². The van der Waals surface area contributed by atoms with Gasteiger partial charge >= 0.3 is 11.9 Å². The number of carbonyl (C=O) groups is 2. The van der Waals surface area contributed by atoms with E-state index in [0.29, 0.717) is 145 Å². The molecule has 0 radical (unpaired) electrons. The average Bonchev–Trinajstić information content (AvgIpc) is 3.30. The van der Waals surface area contributed by atoms with Gasteiger partial charge in [-0.25, -0.2) is 0 Å². The van der Waals surface area contributed by atoms with Crippen LogP contribution in [-0.2, 0) is 72.0 Å². The molecule has 0 heterocycles. The Bertz CT molecular complexity index is 1390. The van der Waals surface area contributed by atoms with Crippen molar-refractivity contribution in [3.63, 3.8) is 0 Å². The van der Waals surface area contributed by atoms with Crippen LogP contribution in [0, 0.1) is 0 Å². The van der Waals surface area contributed by atoms with Gasteiger partial charge in [0.2, 0.25) is 0 Å². The van der Waals surface area contributed by atoms with Gasteiger partial charge in [0.25, 0.3) is 0 Å². The molecule has 3 rings (SSSR count). The minimum absolute atomic E-state index is 0.0567. The lowest BCUT2D eigenvalue weighted by Gasteiger charge is -2.36. The van der Waals surface area contributed by atoms with E-state index in [1.807, 2.05) is 54.6 Å². The number of aliphatic carboxylic acids is 1. The monoisotopic (exact) mass is 872 g/mol. The van der Waals surface area contributed by atoms with Crippen LogP contribution in [0.1, 0.15) is 42.4 Å². The summed E-state index contributed by atoms with van der Waals surface area (Å²) in [7, 11) is 0. The number of ether oxygens (including phenoxy) is 12. The summed E-state index contributed by atoms with van der Waals surface area (Å²) >= 11 is 0. The molecule has 0 amide bonds. The second-order valence-corrected chi connectivity index (χ2v) is 13.6. The summed E-state index contributed by atoms with van der Waals surface area (Å²) in [5.41, 5.74) is 2.42. The summed E-state index contributed by atoms with van der Waals surface area (Å²) in [5.74, 6) is -1.21. The Labute approximate surface area is 367 Å². The van der Waals surface area contributed by atoms with Crippen LogP contribution in [0.15, 0.2) is 91.0 Å². The highest BCUT2D eigenvalue weighted by atomic mass is 16.6. The predicted molar refractivity (Wildman–Crippen MR) is 230 cm³/mol. The lowest BCUT2D eigenvalue weighted by atomic mass is 9.80. The summed E-state index contributed by atoms with van der Waals surface area (Å²) in [4.78, 5) is 22.0. The van der Waals surface area contributed by atoms with Gasteiger partial charge in [-0.2, -0.15) is 0 Å². The molecule has 0 bridgehead atoms. The summed E-state index contributed by atoms with van der Waals surface area (Å²) in [6.07, 6.45) is 1.22. The van der Waals surface area contributed by atoms with Gasteiger partial charge in [-0.3, -0.25) is 9.59 Å². The maximum Gasteiger partial charge on any atom is 0.305 e. The van der Waals surface area contributed by atoms with Crippen LogP contribution < -0.4 is 0 Å². The molecule has 0 fully saturated rings. The second-order valence-electron chi connectivity index (χ2n) is 13.6. The zero-order chi connectivity index (χ0) is 43.9. The third-order valence-electron chi connectivity index (χ3n) is 8.95. The van der Waals surface area contributed by atoms with Gasteiger partial charge in [-0.05, 0) is 29.5 Å². The fourth-order valence-corrected chi connectivity index (χ4v) is 5.94. The molecule has 3 aromatic carbocycles. The van der Waals surface area contributed by atoms with Crippen LogP contribution in [0.3, 0.4) is 0 Å². The first-order valence-corrected chi connectivity index (χ1v) is 21.6. The van der Waals surface area contributed by atoms with Crippen LogP contribution in [0.5, 0.6) is 0 Å². The molecule has 0 spiro atoms. The molecular formula is C47H68O15. The second kappa shape index (κ2) is 36.6. The molecule has 0 aliphatic carbocycles. The highest BCUT2D eigenvalue weighted by molar-refractivity contribution is 5.69. The van der Waals surface area contributed by atoms with Crippen molar-refractivity contribution in [2.45, 2.75) is 31.3 Å². The molecule has 15 heteroatoms. The quantitative estimate of drug-likeness (QED) is 0.0440. The summed E-state index contributed by atoms with van der Waals surface area (Å²) in [5, 5.41) is 8.58. The van der Waals surface area contributed by atoms with Crippen molar-refractivity contribution in [2.75, 3.05) is 145 Å². The number of benzene rings is 3. The standard InChI is InChI=1S/C47H68O15/c48-45(49)18-10-11-19-46(50)61-40-38-59-36-34-57-32-30-55-28-26-53-24-22-51-20-21-52-23-25-54-27-29-56-31-33-58-35-37-60-39-41-62-47(42-12-4-1-5-13-42,43-14-6-2-7-15-43)44-16-8-3-9-17-44/h1-9,12-17H,10-11,18-41H2,(H,48,49). The van der Waals surface area contributed by atoms with Gasteiger partial charge in [0.1, 0.15) is 12.2 Å². The van der Waals surface area contributed by atoms with E-state index in [9.17, 15) is 9.59 Å². The number of hydrogen-bond acceptors (Lipinski definition) is 14. The van der Waals surface area contributed by atoms with E-state index in [-0.39, 0.29) is 32.0 Å². The average molecular weight is 873 g/mol. The Morgan fingerprint density at radius 1 is 0.355 bits per heavy atom. The van der Waals surface area contributed by atoms with Crippen LogP contribution in [0.4, 0.5) is 0 Å². The van der Waals surface area contributed by atoms with E-state index in [1.54, 1.807) is 0 Å². The van der Waals surface area contributed by atoms with Crippen molar-refractivity contribution in [1.82, 2.24) is 0 Å². The number of esters is 1. The molecule has 346 valence electrons. The van der Waals surface area contributed by atoms with E-state index in [2.05, 4.69) is 36.4 Å². The zero-order valence-corrected chi connectivity index (χ0v) is 36.2. The highest BCUT2D eigenvalue weighted by Gasteiger charge is 2.37. The molecule has 0 saturated heterocycles. The lowest BCUT2D eigenvalue weighted by molar-refractivity contribution is -0.146. The predicted octanol–water partition coefficient (Wildman–Crippen LogP) is 5.35. The molecule has 62 heavy (non-hydrogen) atoms. The van der Waals surface area contributed by atoms with Crippen molar-refractivity contribution in [3.05, 3.63) is 108 Å². The van der Waals surface area contributed by atoms with Gasteiger partial charge in [0, 0.05) is 12.8 Å². The maximum absolute atomic E-state index is 11.5. The first-order valence-electron chi connectivity index (χ1n) is 21.6. The first kappa shape index (κ1) is 52.5. The van der Waals surface area contributed by atoms with Crippen LogP contribution in [0.25, 0.3) is 0 Å². The van der Waals surface area contributed by atoms with Gasteiger partial charge < -0.3 is 61.9 Å². The molecule has 0 aromatic heterocycles. The van der Waals surface area contributed by atoms with Crippen LogP contribution >= 0.6 is 0 Å². The lowest BCUT2D eigenvalue weighted by Crippen LogP contribution is -2.34. The van der Waals surface area contributed by atoms with Crippen molar-refractivity contribution in [2.24, 2.45) is 0 Å². The van der Waals surface area contributed by atoms with E-state index >= 15 is 0 Å².